The van der Waals surface area contributed by atoms with Crippen LogP contribution >= 0.6 is 0 Å². The predicted octanol–water partition coefficient (Wildman–Crippen LogP) is 4.37. The summed E-state index contributed by atoms with van der Waals surface area (Å²) >= 11 is 0. The van der Waals surface area contributed by atoms with E-state index in [1.54, 1.807) is 30.3 Å². The highest BCUT2D eigenvalue weighted by Gasteiger charge is 2.40. The van der Waals surface area contributed by atoms with Crippen LogP contribution in [0.5, 0.6) is 0 Å². The molecular weight excluding hydrogens is 281 g/mol. The van der Waals surface area contributed by atoms with E-state index in [0.29, 0.717) is 0 Å². The van der Waals surface area contributed by atoms with Gasteiger partial charge in [-0.3, -0.25) is 0 Å². The molecule has 2 nitrogen and oxygen atoms in total. The van der Waals surface area contributed by atoms with Crippen molar-refractivity contribution in [3.63, 3.8) is 0 Å². The lowest BCUT2D eigenvalue weighted by molar-refractivity contribution is -0.138. The van der Waals surface area contributed by atoms with Crippen LogP contribution in [-0.4, -0.2) is 5.97 Å². The fourth-order valence-electron chi connectivity index (χ4n) is 2.23. The Hall–Kier alpha value is -2.56. The van der Waals surface area contributed by atoms with E-state index in [-0.39, 0.29) is 11.3 Å². The average molecular weight is 290 g/mol. The van der Waals surface area contributed by atoms with Crippen molar-refractivity contribution in [2.75, 3.05) is 0 Å². The van der Waals surface area contributed by atoms with Crippen molar-refractivity contribution in [1.82, 2.24) is 0 Å². The van der Waals surface area contributed by atoms with Crippen LogP contribution in [0.25, 0.3) is 11.8 Å². The molecule has 5 heteroatoms. The van der Waals surface area contributed by atoms with Crippen LogP contribution in [-0.2, 0) is 10.9 Å². The summed E-state index contributed by atoms with van der Waals surface area (Å²) in [5.41, 5.74) is -0.488. The maximum Gasteiger partial charge on any atom is 0.417 e. The van der Waals surface area contributed by atoms with Crippen LogP contribution < -0.4 is 0 Å². The van der Waals surface area contributed by atoms with E-state index in [4.69, 9.17) is 4.74 Å². The molecule has 2 aromatic carbocycles. The molecule has 0 fully saturated rings. The molecule has 0 unspecified atom stereocenters. The number of cyclic esters (lactones) is 1. The molecule has 0 spiro atoms. The number of carbonyl (C=O) groups is 1. The van der Waals surface area contributed by atoms with Crippen molar-refractivity contribution in [2.24, 2.45) is 0 Å². The number of benzene rings is 2. The van der Waals surface area contributed by atoms with E-state index < -0.39 is 23.3 Å². The molecule has 1 aliphatic rings. The molecule has 2 aromatic rings. The normalized spacial score (nSPS) is 16.0. The SMILES string of the molecule is O=C1OC(=Cc2ccccc2)c2cccc(C(F)(F)F)c21. The number of halogens is 3. The molecule has 1 heterocycles. The molecule has 0 saturated heterocycles. The minimum atomic E-state index is -4.59. The second-order valence-corrected chi connectivity index (χ2v) is 4.53. The smallest absolute Gasteiger partial charge is 0.417 e. The molecule has 0 aromatic heterocycles. The Bertz CT molecular complexity index is 731. The van der Waals surface area contributed by atoms with Crippen molar-refractivity contribution < 1.29 is 22.7 Å². The summed E-state index contributed by atoms with van der Waals surface area (Å²) in [6.45, 7) is 0. The molecule has 106 valence electrons. The van der Waals surface area contributed by atoms with Crippen molar-refractivity contribution in [2.45, 2.75) is 6.18 Å². The molecule has 0 N–H and O–H groups in total. The number of hydrogen-bond donors (Lipinski definition) is 0. The van der Waals surface area contributed by atoms with Gasteiger partial charge in [0.05, 0.1) is 11.1 Å². The van der Waals surface area contributed by atoms with Crippen molar-refractivity contribution in [1.29, 1.82) is 0 Å². The van der Waals surface area contributed by atoms with Crippen molar-refractivity contribution in [3.05, 3.63) is 70.8 Å². The highest BCUT2D eigenvalue weighted by molar-refractivity contribution is 6.06. The summed E-state index contributed by atoms with van der Waals surface area (Å²) in [6, 6.07) is 12.5. The standard InChI is InChI=1S/C16H9F3O2/c17-16(18,19)12-8-4-7-11-13(21-15(20)14(11)12)9-10-5-2-1-3-6-10/h1-9H. The second kappa shape index (κ2) is 4.77. The van der Waals surface area contributed by atoms with Gasteiger partial charge in [-0.2, -0.15) is 13.2 Å². The van der Waals surface area contributed by atoms with Crippen LogP contribution in [0.1, 0.15) is 27.0 Å². The average Bonchev–Trinajstić information content (AvgIpc) is 2.76. The summed E-state index contributed by atoms with van der Waals surface area (Å²) in [7, 11) is 0. The minimum Gasteiger partial charge on any atom is -0.422 e. The lowest BCUT2D eigenvalue weighted by Gasteiger charge is -2.08. The van der Waals surface area contributed by atoms with Crippen molar-refractivity contribution in [3.8, 4) is 0 Å². The molecule has 0 bridgehead atoms. The third-order valence-electron chi connectivity index (χ3n) is 3.14. The van der Waals surface area contributed by atoms with Crippen LogP contribution in [0.3, 0.4) is 0 Å². The number of fused-ring (bicyclic) bond motifs is 1. The van der Waals surface area contributed by atoms with E-state index >= 15 is 0 Å². The van der Waals surface area contributed by atoms with Crippen LogP contribution in [0.15, 0.2) is 48.5 Å². The number of alkyl halides is 3. The Morgan fingerprint density at radius 2 is 1.67 bits per heavy atom. The van der Waals surface area contributed by atoms with Gasteiger partial charge in [0.1, 0.15) is 5.76 Å². The van der Waals surface area contributed by atoms with Gasteiger partial charge < -0.3 is 4.74 Å². The number of rotatable bonds is 1. The lowest BCUT2D eigenvalue weighted by atomic mass is 10.0. The summed E-state index contributed by atoms with van der Waals surface area (Å²) in [6.07, 6.45) is -3.05. The van der Waals surface area contributed by atoms with Gasteiger partial charge in [-0.1, -0.05) is 42.5 Å². The van der Waals surface area contributed by atoms with E-state index in [0.717, 1.165) is 11.6 Å². The first-order chi connectivity index (χ1) is 9.97. The molecule has 21 heavy (non-hydrogen) atoms. The van der Waals surface area contributed by atoms with Crippen LogP contribution in [0, 0.1) is 0 Å². The summed E-state index contributed by atoms with van der Waals surface area (Å²) in [4.78, 5) is 11.8. The van der Waals surface area contributed by atoms with E-state index in [2.05, 4.69) is 0 Å². The minimum absolute atomic E-state index is 0.132. The van der Waals surface area contributed by atoms with Gasteiger partial charge in [0, 0.05) is 5.56 Å². The molecule has 3 rings (SSSR count). The van der Waals surface area contributed by atoms with Gasteiger partial charge in [0.25, 0.3) is 0 Å². The summed E-state index contributed by atoms with van der Waals surface area (Å²) in [5, 5.41) is 0. The zero-order chi connectivity index (χ0) is 15.0. The number of carbonyl (C=O) groups excluding carboxylic acids is 1. The zero-order valence-electron chi connectivity index (χ0n) is 10.6. The Labute approximate surface area is 118 Å². The highest BCUT2D eigenvalue weighted by atomic mass is 19.4. The van der Waals surface area contributed by atoms with Gasteiger partial charge in [-0.05, 0) is 17.7 Å². The zero-order valence-corrected chi connectivity index (χ0v) is 10.6. The van der Waals surface area contributed by atoms with Gasteiger partial charge in [0.15, 0.2) is 0 Å². The predicted molar refractivity (Wildman–Crippen MR) is 71.2 cm³/mol. The van der Waals surface area contributed by atoms with Gasteiger partial charge >= 0.3 is 12.1 Å². The molecule has 0 atom stereocenters. The molecule has 1 aliphatic heterocycles. The summed E-state index contributed by atoms with van der Waals surface area (Å²) < 4.78 is 43.8. The number of esters is 1. The Kier molecular flexibility index (Phi) is 3.05. The molecule has 0 radical (unpaired) electrons. The monoisotopic (exact) mass is 290 g/mol. The van der Waals surface area contributed by atoms with Gasteiger partial charge in [0.2, 0.25) is 0 Å². The van der Waals surface area contributed by atoms with E-state index in [1.807, 2.05) is 6.07 Å². The van der Waals surface area contributed by atoms with E-state index in [9.17, 15) is 18.0 Å². The molecule has 0 aliphatic carbocycles. The quantitative estimate of drug-likeness (QED) is 0.729. The molecular formula is C16H9F3O2. The topological polar surface area (TPSA) is 26.3 Å². The van der Waals surface area contributed by atoms with E-state index in [1.165, 1.54) is 12.1 Å². The second-order valence-electron chi connectivity index (χ2n) is 4.53. The molecule has 0 amide bonds. The summed E-state index contributed by atoms with van der Waals surface area (Å²) in [5.74, 6) is -0.840. The van der Waals surface area contributed by atoms with Crippen LogP contribution in [0.4, 0.5) is 13.2 Å². The fraction of sp³-hybridized carbons (Fsp3) is 0.0625. The first-order valence-electron chi connectivity index (χ1n) is 6.16. The number of hydrogen-bond acceptors (Lipinski definition) is 2. The Morgan fingerprint density at radius 3 is 2.33 bits per heavy atom. The van der Waals surface area contributed by atoms with Crippen molar-refractivity contribution >= 4 is 17.8 Å². The number of ether oxygens (including phenoxy) is 1. The first kappa shape index (κ1) is 13.4. The highest BCUT2D eigenvalue weighted by Crippen LogP contribution is 2.40. The Morgan fingerprint density at radius 1 is 0.952 bits per heavy atom. The third-order valence-corrected chi connectivity index (χ3v) is 3.14. The largest absolute Gasteiger partial charge is 0.422 e. The van der Waals surface area contributed by atoms with Gasteiger partial charge in [-0.25, -0.2) is 4.79 Å². The first-order valence-corrected chi connectivity index (χ1v) is 6.16. The van der Waals surface area contributed by atoms with Crippen LogP contribution in [0.2, 0.25) is 0 Å². The third kappa shape index (κ3) is 2.42. The van der Waals surface area contributed by atoms with Gasteiger partial charge in [-0.15, -0.1) is 0 Å². The fourth-order valence-corrected chi connectivity index (χ4v) is 2.23. The maximum absolute atomic E-state index is 12.9. The Balaban J connectivity index is 2.14. The lowest BCUT2D eigenvalue weighted by Crippen LogP contribution is -2.11. The molecule has 0 saturated carbocycles. The maximum atomic E-state index is 12.9.